The van der Waals surface area contributed by atoms with Gasteiger partial charge in [0.2, 0.25) is 10.0 Å². The van der Waals surface area contributed by atoms with Crippen molar-refractivity contribution in [2.45, 2.75) is 10.9 Å². The Bertz CT molecular complexity index is 614. The minimum absolute atomic E-state index is 0.0792. The van der Waals surface area contributed by atoms with Gasteiger partial charge in [-0.05, 0) is 12.1 Å². The lowest BCUT2D eigenvalue weighted by Gasteiger charge is -2.16. The van der Waals surface area contributed by atoms with Gasteiger partial charge in [0.05, 0.1) is 19.3 Å². The van der Waals surface area contributed by atoms with E-state index in [1.807, 2.05) is 0 Å². The van der Waals surface area contributed by atoms with Gasteiger partial charge >= 0.3 is 5.97 Å². The highest BCUT2D eigenvalue weighted by atomic mass is 32.2. The summed E-state index contributed by atoms with van der Waals surface area (Å²) in [7, 11) is -0.642. The third-order valence-electron chi connectivity index (χ3n) is 3.25. The molecule has 8 nitrogen and oxygen atoms in total. The predicted octanol–water partition coefficient (Wildman–Crippen LogP) is -0.157. The number of pyridine rings is 1. The molecular weight excluding hydrogens is 298 g/mol. The Labute approximate surface area is 122 Å². The molecule has 0 amide bonds. The normalized spacial score (nSPS) is 22.4. The van der Waals surface area contributed by atoms with Crippen LogP contribution in [0.3, 0.4) is 0 Å². The second kappa shape index (κ2) is 5.96. The molecule has 2 N–H and O–H groups in total. The van der Waals surface area contributed by atoms with Gasteiger partial charge in [-0.2, -0.15) is 0 Å². The van der Waals surface area contributed by atoms with Gasteiger partial charge < -0.3 is 15.2 Å². The Kier molecular flexibility index (Phi) is 4.45. The molecule has 2 heterocycles. The zero-order valence-electron chi connectivity index (χ0n) is 11.7. The van der Waals surface area contributed by atoms with Crippen LogP contribution in [-0.4, -0.2) is 62.1 Å². The molecule has 21 heavy (non-hydrogen) atoms. The molecule has 2 atom stereocenters. The van der Waals surface area contributed by atoms with Gasteiger partial charge in [-0.15, -0.1) is 0 Å². The fraction of sp³-hybridized carbons (Fsp3) is 0.500. The number of aliphatic carboxylic acids is 1. The zero-order chi connectivity index (χ0) is 15.6. The molecule has 116 valence electrons. The van der Waals surface area contributed by atoms with Gasteiger partial charge in [0, 0.05) is 20.3 Å². The second-order valence-electron chi connectivity index (χ2n) is 4.90. The summed E-state index contributed by atoms with van der Waals surface area (Å²) in [4.78, 5) is 15.1. The molecule has 0 spiro atoms. The molecule has 0 radical (unpaired) electrons. The monoisotopic (exact) mass is 315 g/mol. The standard InChI is InChI=1S/C12H17N3O5S/c1-15(2)21(18,19)8-3-4-11(13-5-8)14-10-7-20-6-9(10)12(16)17/h3-5,9-10H,6-7H2,1-2H3,(H,13,14)(H,16,17). The number of nitrogens with zero attached hydrogens (tertiary/aromatic N) is 2. The first-order valence-electron chi connectivity index (χ1n) is 6.28. The number of carboxylic acid groups (broad SMARTS) is 1. The van der Waals surface area contributed by atoms with Gasteiger partial charge in [-0.3, -0.25) is 4.79 Å². The highest BCUT2D eigenvalue weighted by Gasteiger charge is 2.34. The number of aromatic nitrogens is 1. The number of carbonyl (C=O) groups is 1. The predicted molar refractivity (Wildman–Crippen MR) is 74.5 cm³/mol. The first-order valence-corrected chi connectivity index (χ1v) is 7.72. The van der Waals surface area contributed by atoms with Gasteiger partial charge in [0.15, 0.2) is 0 Å². The third-order valence-corrected chi connectivity index (χ3v) is 5.04. The van der Waals surface area contributed by atoms with E-state index in [1.54, 1.807) is 0 Å². The van der Waals surface area contributed by atoms with Crippen LogP contribution in [0.1, 0.15) is 0 Å². The maximum atomic E-state index is 11.9. The number of anilines is 1. The fourth-order valence-corrected chi connectivity index (χ4v) is 2.81. The summed E-state index contributed by atoms with van der Waals surface area (Å²) in [5.74, 6) is -1.16. The van der Waals surface area contributed by atoms with Crippen LogP contribution in [0, 0.1) is 5.92 Å². The summed E-state index contributed by atoms with van der Waals surface area (Å²) in [5.41, 5.74) is 0. The molecule has 1 fully saturated rings. The summed E-state index contributed by atoms with van der Waals surface area (Å²) in [6.07, 6.45) is 1.24. The molecule has 0 aliphatic carbocycles. The molecule has 1 aromatic heterocycles. The molecule has 1 aliphatic heterocycles. The van der Waals surface area contributed by atoms with E-state index in [1.165, 1.54) is 32.4 Å². The number of rotatable bonds is 5. The second-order valence-corrected chi connectivity index (χ2v) is 7.05. The van der Waals surface area contributed by atoms with Crippen LogP contribution in [-0.2, 0) is 19.6 Å². The van der Waals surface area contributed by atoms with Crippen LogP contribution in [0.5, 0.6) is 0 Å². The van der Waals surface area contributed by atoms with Crippen LogP contribution >= 0.6 is 0 Å². The van der Waals surface area contributed by atoms with Crippen LogP contribution in [0.4, 0.5) is 5.82 Å². The van der Waals surface area contributed by atoms with E-state index in [9.17, 15) is 13.2 Å². The lowest BCUT2D eigenvalue weighted by atomic mass is 10.0. The van der Waals surface area contributed by atoms with Crippen molar-refractivity contribution in [3.05, 3.63) is 18.3 Å². The molecular formula is C12H17N3O5S. The Morgan fingerprint density at radius 2 is 2.14 bits per heavy atom. The minimum atomic E-state index is -3.52. The Balaban J connectivity index is 2.12. The average Bonchev–Trinajstić information content (AvgIpc) is 2.87. The van der Waals surface area contributed by atoms with Crippen LogP contribution in [0.25, 0.3) is 0 Å². The molecule has 1 saturated heterocycles. The van der Waals surface area contributed by atoms with Crippen molar-refractivity contribution in [3.63, 3.8) is 0 Å². The van der Waals surface area contributed by atoms with Gasteiger partial charge in [0.1, 0.15) is 16.6 Å². The smallest absolute Gasteiger partial charge is 0.311 e. The number of hydrogen-bond acceptors (Lipinski definition) is 6. The quantitative estimate of drug-likeness (QED) is 0.777. The van der Waals surface area contributed by atoms with Crippen molar-refractivity contribution >= 4 is 21.8 Å². The van der Waals surface area contributed by atoms with Crippen molar-refractivity contribution < 1.29 is 23.1 Å². The maximum absolute atomic E-state index is 11.9. The van der Waals surface area contributed by atoms with Crippen molar-refractivity contribution in [1.82, 2.24) is 9.29 Å². The third kappa shape index (κ3) is 3.31. The van der Waals surface area contributed by atoms with Crippen LogP contribution < -0.4 is 5.32 Å². The van der Waals surface area contributed by atoms with Crippen molar-refractivity contribution in [2.75, 3.05) is 32.6 Å². The van der Waals surface area contributed by atoms with Crippen LogP contribution in [0.15, 0.2) is 23.2 Å². The minimum Gasteiger partial charge on any atom is -0.481 e. The summed E-state index contributed by atoms with van der Waals surface area (Å²) >= 11 is 0. The molecule has 1 aromatic rings. The zero-order valence-corrected chi connectivity index (χ0v) is 12.5. The van der Waals surface area contributed by atoms with Crippen LogP contribution in [0.2, 0.25) is 0 Å². The van der Waals surface area contributed by atoms with E-state index < -0.39 is 21.9 Å². The highest BCUT2D eigenvalue weighted by molar-refractivity contribution is 7.89. The van der Waals surface area contributed by atoms with E-state index in [0.29, 0.717) is 5.82 Å². The molecule has 2 rings (SSSR count). The molecule has 0 aromatic carbocycles. The van der Waals surface area contributed by atoms with Crippen molar-refractivity contribution in [1.29, 1.82) is 0 Å². The highest BCUT2D eigenvalue weighted by Crippen LogP contribution is 2.19. The van der Waals surface area contributed by atoms with Crippen molar-refractivity contribution in [2.24, 2.45) is 5.92 Å². The first kappa shape index (κ1) is 15.7. The maximum Gasteiger partial charge on any atom is 0.311 e. The Hall–Kier alpha value is -1.71. The fourth-order valence-electron chi connectivity index (χ4n) is 1.96. The van der Waals surface area contributed by atoms with Gasteiger partial charge in [0.25, 0.3) is 0 Å². The van der Waals surface area contributed by atoms with E-state index in [0.717, 1.165) is 4.31 Å². The molecule has 9 heteroatoms. The first-order chi connectivity index (χ1) is 9.82. The lowest BCUT2D eigenvalue weighted by Crippen LogP contribution is -2.33. The summed E-state index contributed by atoms with van der Waals surface area (Å²) in [5, 5.41) is 12.0. The average molecular weight is 315 g/mol. The van der Waals surface area contributed by atoms with E-state index >= 15 is 0 Å². The van der Waals surface area contributed by atoms with E-state index in [4.69, 9.17) is 9.84 Å². The summed E-state index contributed by atoms with van der Waals surface area (Å²) in [6.45, 7) is 0.427. The number of nitrogens with one attached hydrogen (secondary N) is 1. The summed E-state index contributed by atoms with van der Waals surface area (Å²) in [6, 6.07) is 2.55. The van der Waals surface area contributed by atoms with Crippen molar-refractivity contribution in [3.8, 4) is 0 Å². The number of sulfonamides is 1. The van der Waals surface area contributed by atoms with E-state index in [-0.39, 0.29) is 24.2 Å². The SMILES string of the molecule is CN(C)S(=O)(=O)c1ccc(NC2COCC2C(=O)O)nc1. The molecule has 2 unspecified atom stereocenters. The molecule has 0 bridgehead atoms. The Morgan fingerprint density at radius 1 is 1.43 bits per heavy atom. The van der Waals surface area contributed by atoms with Gasteiger partial charge in [-0.25, -0.2) is 17.7 Å². The van der Waals surface area contributed by atoms with E-state index in [2.05, 4.69) is 10.3 Å². The summed E-state index contributed by atoms with van der Waals surface area (Å²) < 4.78 is 30.0. The Morgan fingerprint density at radius 3 is 2.67 bits per heavy atom. The molecule has 0 saturated carbocycles. The lowest BCUT2D eigenvalue weighted by molar-refractivity contribution is -0.141. The number of ether oxygens (including phenoxy) is 1. The topological polar surface area (TPSA) is 109 Å². The largest absolute Gasteiger partial charge is 0.481 e. The number of hydrogen-bond donors (Lipinski definition) is 2. The number of carboxylic acids is 1. The molecule has 1 aliphatic rings. The van der Waals surface area contributed by atoms with Gasteiger partial charge in [-0.1, -0.05) is 0 Å².